The normalized spacial score (nSPS) is 13.8. The van der Waals surface area contributed by atoms with E-state index in [0.717, 1.165) is 32.8 Å². The van der Waals surface area contributed by atoms with Crippen LogP contribution in [0.15, 0.2) is 206 Å². The molecule has 0 atom stereocenters. The lowest BCUT2D eigenvalue weighted by molar-refractivity contribution is 0.660. The molecule has 294 valence electrons. The van der Waals surface area contributed by atoms with Gasteiger partial charge in [-0.05, 0) is 104 Å². The number of para-hydroxylation sites is 2. The number of hydrogen-bond acceptors (Lipinski definition) is 3. The minimum Gasteiger partial charge on any atom is -0.301 e. The molecule has 1 heterocycles. The molecule has 0 saturated heterocycles. The quantitative estimate of drug-likeness (QED) is 0.151. The van der Waals surface area contributed by atoms with Gasteiger partial charge in [0.2, 0.25) is 0 Å². The second-order valence-electron chi connectivity index (χ2n) is 17.3. The van der Waals surface area contributed by atoms with Gasteiger partial charge in [-0.25, -0.2) is 0 Å². The first kappa shape index (κ1) is 37.1. The molecule has 1 aromatic heterocycles. The Morgan fingerprint density at radius 2 is 0.639 bits per heavy atom. The van der Waals surface area contributed by atoms with Crippen molar-refractivity contribution in [3.63, 3.8) is 0 Å². The van der Waals surface area contributed by atoms with Crippen LogP contribution in [0.2, 0.25) is 0 Å². The number of benzene rings is 8. The topological polar surface area (TPSA) is 6.48 Å². The van der Waals surface area contributed by atoms with Gasteiger partial charge in [0.05, 0.1) is 0 Å². The van der Waals surface area contributed by atoms with Crippen molar-refractivity contribution < 1.29 is 0 Å². The molecular formula is C58H46N2S. The number of nitrogens with zero attached hydrogens (tertiary/aromatic N) is 2. The molecular weight excluding hydrogens is 757 g/mol. The van der Waals surface area contributed by atoms with Gasteiger partial charge in [-0.1, -0.05) is 197 Å². The highest BCUT2D eigenvalue weighted by atomic mass is 32.1. The molecule has 0 radical (unpaired) electrons. The molecule has 0 saturated carbocycles. The van der Waals surface area contributed by atoms with Crippen molar-refractivity contribution in [1.82, 2.24) is 0 Å². The van der Waals surface area contributed by atoms with Gasteiger partial charge in [0.25, 0.3) is 0 Å². The van der Waals surface area contributed by atoms with Gasteiger partial charge in [-0.2, -0.15) is 0 Å². The maximum atomic E-state index is 2.51. The molecule has 3 heteroatoms. The van der Waals surface area contributed by atoms with Crippen LogP contribution in [0.1, 0.15) is 49.9 Å². The van der Waals surface area contributed by atoms with Crippen LogP contribution in [0.4, 0.5) is 32.8 Å². The largest absolute Gasteiger partial charge is 0.301 e. The molecule has 0 fully saturated rings. The molecule has 0 bridgehead atoms. The highest BCUT2D eigenvalue weighted by Gasteiger charge is 2.38. The van der Waals surface area contributed by atoms with E-state index in [9.17, 15) is 0 Å². The summed E-state index contributed by atoms with van der Waals surface area (Å²) in [5.41, 5.74) is 19.7. The third-order valence-electron chi connectivity index (χ3n) is 13.1. The van der Waals surface area contributed by atoms with Crippen molar-refractivity contribution in [3.05, 3.63) is 229 Å². The fraction of sp³-hybridized carbons (Fsp3) is 0.103. The summed E-state index contributed by atoms with van der Waals surface area (Å²) < 4.78 is 0. The highest BCUT2D eigenvalue weighted by Crippen LogP contribution is 2.60. The molecule has 0 unspecified atom stereocenters. The van der Waals surface area contributed by atoms with Crippen molar-refractivity contribution in [2.24, 2.45) is 0 Å². The molecule has 9 aromatic rings. The first-order valence-electron chi connectivity index (χ1n) is 21.3. The Kier molecular flexibility index (Phi) is 8.73. The Balaban J connectivity index is 1.21. The number of hydrogen-bond donors (Lipinski definition) is 0. The average molecular weight is 803 g/mol. The molecule has 11 rings (SSSR count). The van der Waals surface area contributed by atoms with Crippen LogP contribution < -0.4 is 9.80 Å². The van der Waals surface area contributed by atoms with Crippen molar-refractivity contribution >= 4 is 44.1 Å². The van der Waals surface area contributed by atoms with Crippen LogP contribution in [0.25, 0.3) is 44.5 Å². The minimum atomic E-state index is -0.145. The van der Waals surface area contributed by atoms with E-state index in [2.05, 4.69) is 244 Å². The zero-order valence-corrected chi connectivity index (χ0v) is 35.7. The lowest BCUT2D eigenvalue weighted by atomic mass is 9.82. The first-order chi connectivity index (χ1) is 29.8. The molecule has 2 nitrogen and oxygen atoms in total. The summed E-state index contributed by atoms with van der Waals surface area (Å²) in [6.07, 6.45) is 0. The van der Waals surface area contributed by atoms with Crippen molar-refractivity contribution in [3.8, 4) is 44.5 Å². The zero-order valence-electron chi connectivity index (χ0n) is 34.9. The molecule has 8 aromatic carbocycles. The Labute approximate surface area is 363 Å². The lowest BCUT2D eigenvalue weighted by Gasteiger charge is -2.28. The van der Waals surface area contributed by atoms with Gasteiger partial charge in [-0.3, -0.25) is 0 Å². The van der Waals surface area contributed by atoms with Crippen LogP contribution >= 0.6 is 11.3 Å². The van der Waals surface area contributed by atoms with E-state index < -0.39 is 0 Å². The van der Waals surface area contributed by atoms with Crippen molar-refractivity contribution in [2.75, 3.05) is 9.80 Å². The van der Waals surface area contributed by atoms with Crippen LogP contribution in [0.5, 0.6) is 0 Å². The van der Waals surface area contributed by atoms with E-state index in [1.165, 1.54) is 66.8 Å². The Hall–Kier alpha value is -6.94. The number of anilines is 6. The van der Waals surface area contributed by atoms with E-state index >= 15 is 0 Å². The summed E-state index contributed by atoms with van der Waals surface area (Å²) in [5, 5.41) is 2.32. The van der Waals surface area contributed by atoms with Gasteiger partial charge >= 0.3 is 0 Å². The molecule has 0 spiro atoms. The lowest BCUT2D eigenvalue weighted by Crippen LogP contribution is -2.16. The van der Waals surface area contributed by atoms with E-state index in [-0.39, 0.29) is 10.8 Å². The summed E-state index contributed by atoms with van der Waals surface area (Å²) in [6, 6.07) is 76.0. The van der Waals surface area contributed by atoms with Crippen LogP contribution in [-0.2, 0) is 10.8 Å². The van der Waals surface area contributed by atoms with Gasteiger partial charge in [-0.15, -0.1) is 0 Å². The second-order valence-corrected chi connectivity index (χ2v) is 18.3. The van der Waals surface area contributed by atoms with E-state index in [1.807, 2.05) is 11.3 Å². The minimum absolute atomic E-state index is 0.145. The van der Waals surface area contributed by atoms with Gasteiger partial charge in [0, 0.05) is 44.7 Å². The first-order valence-corrected chi connectivity index (χ1v) is 22.1. The molecule has 0 aliphatic heterocycles. The van der Waals surface area contributed by atoms with Gasteiger partial charge < -0.3 is 9.80 Å². The highest BCUT2D eigenvalue weighted by molar-refractivity contribution is 7.21. The fourth-order valence-corrected chi connectivity index (χ4v) is 11.5. The molecule has 0 amide bonds. The fourth-order valence-electron chi connectivity index (χ4n) is 10.1. The third kappa shape index (κ3) is 5.90. The standard InChI is InChI=1S/C58H46N2S/c1-57(2)49-31-19-17-29-45(49)47-35-33-43(37-51(47)57)59(41-25-13-7-14-26-41)55-53(39-21-9-5-10-22-39)54(40-23-11-6-12-24-40)56(61-55)60(42-27-15-8-16-28-42)44-34-36-48-46-30-18-20-32-50(46)58(3,4)52(48)38-44/h5-38H,1-4H3. The maximum absolute atomic E-state index is 2.51. The van der Waals surface area contributed by atoms with E-state index in [1.54, 1.807) is 0 Å². The smallest absolute Gasteiger partial charge is 0.111 e. The predicted molar refractivity (Wildman–Crippen MR) is 260 cm³/mol. The number of rotatable bonds is 8. The van der Waals surface area contributed by atoms with Gasteiger partial charge in [0.1, 0.15) is 10.0 Å². The maximum Gasteiger partial charge on any atom is 0.111 e. The van der Waals surface area contributed by atoms with Crippen LogP contribution in [-0.4, -0.2) is 0 Å². The Morgan fingerprint density at radius 1 is 0.311 bits per heavy atom. The number of thiophene rings is 1. The summed E-state index contributed by atoms with van der Waals surface area (Å²) in [7, 11) is 0. The monoisotopic (exact) mass is 802 g/mol. The van der Waals surface area contributed by atoms with Crippen molar-refractivity contribution in [1.29, 1.82) is 0 Å². The predicted octanol–water partition coefficient (Wildman–Crippen LogP) is 16.6. The van der Waals surface area contributed by atoms with Crippen LogP contribution in [0, 0.1) is 0 Å². The summed E-state index contributed by atoms with van der Waals surface area (Å²) in [4.78, 5) is 5.02. The summed E-state index contributed by atoms with van der Waals surface area (Å²) in [6.45, 7) is 9.48. The SMILES string of the molecule is CC1(C)c2ccccc2-c2ccc(N(c3ccccc3)c3sc(N(c4ccccc4)c4ccc5c(c4)C(C)(C)c4ccccc4-5)c(-c4ccccc4)c3-c3ccccc3)cc21. The average Bonchev–Trinajstić information content (AvgIpc) is 3.88. The summed E-state index contributed by atoms with van der Waals surface area (Å²) >= 11 is 1.86. The molecule has 2 aliphatic rings. The van der Waals surface area contributed by atoms with Crippen molar-refractivity contribution in [2.45, 2.75) is 38.5 Å². The molecule has 2 aliphatic carbocycles. The Bertz CT molecular complexity index is 2860. The van der Waals surface area contributed by atoms with E-state index in [0.29, 0.717) is 0 Å². The zero-order chi connectivity index (χ0) is 41.3. The second kappa shape index (κ2) is 14.4. The molecule has 0 N–H and O–H groups in total. The van der Waals surface area contributed by atoms with Gasteiger partial charge in [0.15, 0.2) is 0 Å². The Morgan fingerprint density at radius 3 is 1.03 bits per heavy atom. The van der Waals surface area contributed by atoms with Crippen LogP contribution in [0.3, 0.4) is 0 Å². The third-order valence-corrected chi connectivity index (χ3v) is 14.2. The summed E-state index contributed by atoms with van der Waals surface area (Å²) in [5.74, 6) is 0. The molecule has 61 heavy (non-hydrogen) atoms. The van der Waals surface area contributed by atoms with E-state index in [4.69, 9.17) is 0 Å². The number of fused-ring (bicyclic) bond motifs is 6.